The molecule has 2 nitrogen and oxygen atoms in total. The van der Waals surface area contributed by atoms with Gasteiger partial charge in [0, 0.05) is 17.7 Å². The van der Waals surface area contributed by atoms with E-state index in [1.54, 1.807) is 12.1 Å². The zero-order valence-corrected chi connectivity index (χ0v) is 20.6. The smallest absolute Gasteiger partial charge is 0.343 e. The molecule has 0 N–H and O–H groups in total. The number of carbonyl (C=O) groups is 1. The van der Waals surface area contributed by atoms with Crippen LogP contribution in [0.5, 0.6) is 5.75 Å². The minimum Gasteiger partial charge on any atom is -0.423 e. The van der Waals surface area contributed by atoms with Gasteiger partial charge < -0.3 is 4.74 Å². The van der Waals surface area contributed by atoms with Gasteiger partial charge in [0.1, 0.15) is 17.4 Å². The van der Waals surface area contributed by atoms with E-state index in [2.05, 4.69) is 37.3 Å². The lowest BCUT2D eigenvalue weighted by Gasteiger charge is -2.30. The minimum atomic E-state index is -0.682. The van der Waals surface area contributed by atoms with E-state index in [0.717, 1.165) is 30.9 Å². The number of hydrogen-bond donors (Lipinski definition) is 0. The molecule has 0 radical (unpaired) electrons. The predicted octanol–water partition coefficient (Wildman–Crippen LogP) is 8.60. The molecule has 1 fully saturated rings. The highest BCUT2D eigenvalue weighted by atomic mass is 19.1. The molecule has 4 heteroatoms. The van der Waals surface area contributed by atoms with Gasteiger partial charge in [-0.05, 0) is 79.5 Å². The third kappa shape index (κ3) is 6.36. The molecule has 3 aromatic rings. The fourth-order valence-electron chi connectivity index (χ4n) is 5.33. The number of esters is 1. The number of rotatable bonds is 8. The van der Waals surface area contributed by atoms with Crippen LogP contribution in [0, 0.1) is 17.6 Å². The van der Waals surface area contributed by atoms with Crippen molar-refractivity contribution in [1.82, 2.24) is 0 Å². The molecule has 1 aliphatic carbocycles. The molecule has 184 valence electrons. The molecule has 0 amide bonds. The predicted molar refractivity (Wildman–Crippen MR) is 136 cm³/mol. The van der Waals surface area contributed by atoms with Crippen molar-refractivity contribution in [2.24, 2.45) is 5.92 Å². The van der Waals surface area contributed by atoms with E-state index in [4.69, 9.17) is 4.74 Å². The highest BCUT2D eigenvalue weighted by Gasteiger charge is 2.24. The lowest BCUT2D eigenvalue weighted by atomic mass is 9.75. The molecular formula is C31H34F2O2. The van der Waals surface area contributed by atoms with Crippen LogP contribution in [0.25, 0.3) is 0 Å². The summed E-state index contributed by atoms with van der Waals surface area (Å²) in [5.74, 6) is -0.266. The molecule has 1 aliphatic rings. The Labute approximate surface area is 207 Å². The minimum absolute atomic E-state index is 0.0286. The Morgan fingerprint density at radius 3 is 2.17 bits per heavy atom. The van der Waals surface area contributed by atoms with Gasteiger partial charge in [-0.15, -0.1) is 0 Å². The van der Waals surface area contributed by atoms with Gasteiger partial charge >= 0.3 is 5.97 Å². The third-order valence-electron chi connectivity index (χ3n) is 7.35. The Balaban J connectivity index is 1.31. The average molecular weight is 477 g/mol. The second kappa shape index (κ2) is 11.6. The Bertz CT molecular complexity index is 1090. The van der Waals surface area contributed by atoms with Gasteiger partial charge in [-0.2, -0.15) is 0 Å². The van der Waals surface area contributed by atoms with E-state index in [0.29, 0.717) is 30.2 Å². The summed E-state index contributed by atoms with van der Waals surface area (Å²) in [5, 5.41) is 0. The van der Waals surface area contributed by atoms with Crippen LogP contribution in [0.15, 0.2) is 66.7 Å². The molecule has 0 bridgehead atoms. The summed E-state index contributed by atoms with van der Waals surface area (Å²) in [6.07, 6.45) is 6.90. The highest BCUT2D eigenvalue weighted by molar-refractivity contribution is 5.91. The monoisotopic (exact) mass is 476 g/mol. The second-order valence-corrected chi connectivity index (χ2v) is 9.89. The fourth-order valence-corrected chi connectivity index (χ4v) is 5.33. The van der Waals surface area contributed by atoms with Crippen molar-refractivity contribution < 1.29 is 18.3 Å². The summed E-state index contributed by atoms with van der Waals surface area (Å²) in [4.78, 5) is 12.5. The molecule has 0 unspecified atom stereocenters. The van der Waals surface area contributed by atoms with E-state index in [-0.39, 0.29) is 11.3 Å². The van der Waals surface area contributed by atoms with Gasteiger partial charge in [0.15, 0.2) is 0 Å². The zero-order chi connectivity index (χ0) is 24.8. The van der Waals surface area contributed by atoms with Crippen molar-refractivity contribution in [2.75, 3.05) is 0 Å². The Kier molecular flexibility index (Phi) is 8.33. The summed E-state index contributed by atoms with van der Waals surface area (Å²) in [5.41, 5.74) is 3.05. The number of halogens is 2. The van der Waals surface area contributed by atoms with Gasteiger partial charge in [0.2, 0.25) is 0 Å². The third-order valence-corrected chi connectivity index (χ3v) is 7.35. The topological polar surface area (TPSA) is 26.3 Å². The maximum absolute atomic E-state index is 14.2. The van der Waals surface area contributed by atoms with Crippen molar-refractivity contribution >= 4 is 5.97 Å². The molecule has 0 heterocycles. The van der Waals surface area contributed by atoms with Crippen LogP contribution in [0.1, 0.15) is 91.3 Å². The molecule has 0 aliphatic heterocycles. The van der Waals surface area contributed by atoms with E-state index >= 15 is 0 Å². The SMILES string of the molecule is CCCc1c(F)cc(OC(=O)c2ccc(C3CCC(C[C@@H](C)c4ccccc4)CC3)cc2)cc1F. The van der Waals surface area contributed by atoms with E-state index < -0.39 is 17.6 Å². The summed E-state index contributed by atoms with van der Waals surface area (Å²) < 4.78 is 33.6. The Morgan fingerprint density at radius 1 is 0.943 bits per heavy atom. The van der Waals surface area contributed by atoms with Crippen molar-refractivity contribution in [1.29, 1.82) is 0 Å². The zero-order valence-electron chi connectivity index (χ0n) is 20.6. The van der Waals surface area contributed by atoms with Crippen LogP contribution in [0.3, 0.4) is 0 Å². The van der Waals surface area contributed by atoms with Crippen LogP contribution < -0.4 is 4.74 Å². The molecule has 4 rings (SSSR count). The van der Waals surface area contributed by atoms with Crippen LogP contribution in [-0.4, -0.2) is 5.97 Å². The molecule has 0 aromatic heterocycles. The fraction of sp³-hybridized carbons (Fsp3) is 0.387. The van der Waals surface area contributed by atoms with E-state index in [9.17, 15) is 13.6 Å². The van der Waals surface area contributed by atoms with Gasteiger partial charge in [0.05, 0.1) is 5.56 Å². The van der Waals surface area contributed by atoms with Gasteiger partial charge in [-0.3, -0.25) is 0 Å². The molecule has 1 atom stereocenters. The van der Waals surface area contributed by atoms with Crippen molar-refractivity contribution in [2.45, 2.75) is 70.6 Å². The Hall–Kier alpha value is -3.01. The standard InChI is InChI=1S/C31H34F2O2/c1-3-7-28-29(32)19-27(20-30(28)33)35-31(34)26-16-14-25(15-17-26)24-12-10-22(11-13-24)18-21(2)23-8-5-4-6-9-23/h4-6,8-9,14-17,19-22,24H,3,7,10-13,18H2,1-2H3/t21-,22?,24?/m1/s1. The number of hydrogen-bond acceptors (Lipinski definition) is 2. The van der Waals surface area contributed by atoms with Crippen molar-refractivity contribution in [3.05, 3.63) is 101 Å². The molecule has 1 saturated carbocycles. The average Bonchev–Trinajstić information content (AvgIpc) is 2.87. The molecule has 0 saturated heterocycles. The highest BCUT2D eigenvalue weighted by Crippen LogP contribution is 2.39. The van der Waals surface area contributed by atoms with Gasteiger partial charge in [-0.1, -0.05) is 62.7 Å². The van der Waals surface area contributed by atoms with Crippen molar-refractivity contribution in [3.8, 4) is 5.75 Å². The molecule has 35 heavy (non-hydrogen) atoms. The molecule has 0 spiro atoms. The van der Waals surface area contributed by atoms with E-state index in [1.165, 1.54) is 30.4 Å². The van der Waals surface area contributed by atoms with Gasteiger partial charge in [-0.25, -0.2) is 13.6 Å². The van der Waals surface area contributed by atoms with E-state index in [1.807, 2.05) is 19.1 Å². The Morgan fingerprint density at radius 2 is 1.57 bits per heavy atom. The van der Waals surface area contributed by atoms with Crippen LogP contribution in [0.4, 0.5) is 8.78 Å². The normalized spacial score (nSPS) is 18.7. The summed E-state index contributed by atoms with van der Waals surface area (Å²) >= 11 is 0. The first-order chi connectivity index (χ1) is 16.9. The van der Waals surface area contributed by atoms with Gasteiger partial charge in [0.25, 0.3) is 0 Å². The van der Waals surface area contributed by atoms with Crippen LogP contribution in [-0.2, 0) is 6.42 Å². The maximum Gasteiger partial charge on any atom is 0.343 e. The summed E-state index contributed by atoms with van der Waals surface area (Å²) in [6.45, 7) is 4.18. The first kappa shape index (κ1) is 25.1. The van der Waals surface area contributed by atoms with Crippen LogP contribution in [0.2, 0.25) is 0 Å². The quantitative estimate of drug-likeness (QED) is 0.240. The maximum atomic E-state index is 14.2. The number of carbonyl (C=O) groups excluding carboxylic acids is 1. The van der Waals surface area contributed by atoms with Crippen LogP contribution >= 0.6 is 0 Å². The number of ether oxygens (including phenoxy) is 1. The lowest BCUT2D eigenvalue weighted by Crippen LogP contribution is -2.15. The lowest BCUT2D eigenvalue weighted by molar-refractivity contribution is 0.0734. The first-order valence-electron chi connectivity index (χ1n) is 12.8. The first-order valence-corrected chi connectivity index (χ1v) is 12.8. The second-order valence-electron chi connectivity index (χ2n) is 9.89. The largest absolute Gasteiger partial charge is 0.423 e. The molecular weight excluding hydrogens is 442 g/mol. The summed E-state index contributed by atoms with van der Waals surface area (Å²) in [7, 11) is 0. The van der Waals surface area contributed by atoms with Crippen molar-refractivity contribution in [3.63, 3.8) is 0 Å². The number of benzene rings is 3. The molecule has 3 aromatic carbocycles. The summed E-state index contributed by atoms with van der Waals surface area (Å²) in [6, 6.07) is 20.4.